The van der Waals surface area contributed by atoms with Gasteiger partial charge in [-0.15, -0.1) is 0 Å². The maximum Gasteiger partial charge on any atom is 0.417 e. The molecule has 1 atom stereocenters. The van der Waals surface area contributed by atoms with Gasteiger partial charge in [0.2, 0.25) is 0 Å². The Morgan fingerprint density at radius 1 is 0.736 bits per heavy atom. The molecule has 1 N–H and O–H groups in total. The predicted molar refractivity (Wildman–Crippen MR) is 190 cm³/mol. The van der Waals surface area contributed by atoms with Gasteiger partial charge in [0.1, 0.15) is 12.0 Å². The van der Waals surface area contributed by atoms with Crippen molar-refractivity contribution in [2.45, 2.75) is 38.3 Å². The molecule has 0 bridgehead atoms. The van der Waals surface area contributed by atoms with Crippen LogP contribution in [0, 0.1) is 0 Å². The Hall–Kier alpha value is -5.98. The van der Waals surface area contributed by atoms with E-state index in [0.717, 1.165) is 6.07 Å². The van der Waals surface area contributed by atoms with Gasteiger partial charge >= 0.3 is 24.1 Å². The summed E-state index contributed by atoms with van der Waals surface area (Å²) in [6.07, 6.45) is -5.76. The summed E-state index contributed by atoms with van der Waals surface area (Å²) in [5.41, 5.74) is -2.69. The third-order valence-corrected chi connectivity index (χ3v) is 8.22. The van der Waals surface area contributed by atoms with Gasteiger partial charge in [0.15, 0.2) is 0 Å². The molecule has 4 aromatic rings. The zero-order chi connectivity index (χ0) is 38.8. The van der Waals surface area contributed by atoms with E-state index >= 15 is 0 Å². The minimum absolute atomic E-state index is 0.00882. The fourth-order valence-electron chi connectivity index (χ4n) is 5.70. The monoisotopic (exact) mass is 732 g/mol. The molecule has 0 saturated carbocycles. The van der Waals surface area contributed by atoms with Crippen molar-refractivity contribution in [3.8, 4) is 11.1 Å². The van der Waals surface area contributed by atoms with E-state index in [1.807, 2.05) is 0 Å². The van der Waals surface area contributed by atoms with Crippen molar-refractivity contribution in [3.63, 3.8) is 0 Å². The molecule has 53 heavy (non-hydrogen) atoms. The van der Waals surface area contributed by atoms with Crippen molar-refractivity contribution < 1.29 is 51.4 Å². The van der Waals surface area contributed by atoms with Gasteiger partial charge in [0.05, 0.1) is 48.4 Å². The van der Waals surface area contributed by atoms with Crippen LogP contribution in [-0.2, 0) is 46.6 Å². The van der Waals surface area contributed by atoms with E-state index in [0.29, 0.717) is 11.1 Å². The maximum atomic E-state index is 14.2. The summed E-state index contributed by atoms with van der Waals surface area (Å²) in [4.78, 5) is 67.6. The number of benzene rings is 4. The number of nitrogens with zero attached hydrogens (tertiary/aromatic N) is 1. The first-order chi connectivity index (χ1) is 25.2. The Bertz CT molecular complexity index is 1950. The number of carbonyl (C=O) groups is 5. The number of alkyl halides is 3. The zero-order valence-corrected chi connectivity index (χ0v) is 29.6. The lowest BCUT2D eigenvalue weighted by Crippen LogP contribution is -2.45. The van der Waals surface area contributed by atoms with Crippen LogP contribution in [0.1, 0.15) is 57.7 Å². The fraction of sp³-hybridized carbons (Fsp3) is 0.275. The van der Waals surface area contributed by atoms with Gasteiger partial charge in [0.25, 0.3) is 11.8 Å². The molecule has 1 unspecified atom stereocenters. The number of hydrogen-bond donors (Lipinski definition) is 1. The van der Waals surface area contributed by atoms with Gasteiger partial charge in [-0.1, -0.05) is 78.9 Å². The van der Waals surface area contributed by atoms with Crippen LogP contribution in [-0.4, -0.2) is 68.5 Å². The van der Waals surface area contributed by atoms with Crippen molar-refractivity contribution in [3.05, 3.63) is 125 Å². The fourth-order valence-corrected chi connectivity index (χ4v) is 5.70. The summed E-state index contributed by atoms with van der Waals surface area (Å²) in [6.45, 7) is 2.68. The average molecular weight is 733 g/mol. The number of rotatable bonds is 14. The molecule has 4 rings (SSSR count). The van der Waals surface area contributed by atoms with E-state index in [4.69, 9.17) is 14.2 Å². The number of anilines is 1. The van der Waals surface area contributed by atoms with Crippen LogP contribution in [0.15, 0.2) is 97.1 Å². The summed E-state index contributed by atoms with van der Waals surface area (Å²) in [7, 11) is 2.90. The SMILES string of the molecule is CCOC(=O)CC(COC(=O)Cc1ccc(NC(=O)c2c(-c3ccccc3)cccc2C(F)(F)F)c(C(=O)N(C)C)c1)(C(=O)OCC)c1ccccc1. The quantitative estimate of drug-likeness (QED) is 0.110. The van der Waals surface area contributed by atoms with Crippen molar-refractivity contribution in [1.82, 2.24) is 4.90 Å². The second-order valence-electron chi connectivity index (χ2n) is 12.1. The standard InChI is InChI=1S/C40H39F3N2O8/c1-5-51-34(47)24-39(38(50)52-6-2,28-16-11-8-12-17-28)25-53-33(46)23-26-20-21-32(30(22-26)37(49)45(3)4)44-36(48)35-29(27-14-9-7-10-15-27)18-13-19-31(35)40(41,42)43/h7-22H,5-6,23-25H2,1-4H3,(H,44,48). The molecule has 278 valence electrons. The average Bonchev–Trinajstić information content (AvgIpc) is 3.13. The molecule has 0 saturated heterocycles. The van der Waals surface area contributed by atoms with Gasteiger partial charge in [-0.25, -0.2) is 0 Å². The second-order valence-corrected chi connectivity index (χ2v) is 12.1. The molecular formula is C40H39F3N2O8. The number of esters is 3. The van der Waals surface area contributed by atoms with Crippen LogP contribution in [0.2, 0.25) is 0 Å². The number of amides is 2. The van der Waals surface area contributed by atoms with E-state index in [9.17, 15) is 37.1 Å². The van der Waals surface area contributed by atoms with E-state index < -0.39 is 71.9 Å². The number of hydrogen-bond acceptors (Lipinski definition) is 8. The van der Waals surface area contributed by atoms with Gasteiger partial charge < -0.3 is 24.4 Å². The van der Waals surface area contributed by atoms with E-state index in [1.54, 1.807) is 74.5 Å². The van der Waals surface area contributed by atoms with E-state index in [2.05, 4.69) is 5.32 Å². The summed E-state index contributed by atoms with van der Waals surface area (Å²) in [6, 6.07) is 23.8. The normalized spacial score (nSPS) is 12.2. The summed E-state index contributed by atoms with van der Waals surface area (Å²) >= 11 is 0. The van der Waals surface area contributed by atoms with E-state index in [1.165, 1.54) is 49.3 Å². The molecule has 0 radical (unpaired) electrons. The summed E-state index contributed by atoms with van der Waals surface area (Å²) < 4.78 is 58.7. The first-order valence-corrected chi connectivity index (χ1v) is 16.7. The summed E-state index contributed by atoms with van der Waals surface area (Å²) in [5, 5.41) is 2.48. The Balaban J connectivity index is 1.66. The number of nitrogens with one attached hydrogen (secondary N) is 1. The third kappa shape index (κ3) is 9.67. The topological polar surface area (TPSA) is 128 Å². The largest absolute Gasteiger partial charge is 0.466 e. The van der Waals surface area contributed by atoms with Crippen molar-refractivity contribution in [2.24, 2.45) is 0 Å². The molecule has 0 aliphatic carbocycles. The minimum Gasteiger partial charge on any atom is -0.466 e. The molecule has 0 spiro atoms. The van der Waals surface area contributed by atoms with Crippen molar-refractivity contribution in [2.75, 3.05) is 39.2 Å². The van der Waals surface area contributed by atoms with Crippen LogP contribution in [0.5, 0.6) is 0 Å². The van der Waals surface area contributed by atoms with Gasteiger partial charge in [0, 0.05) is 14.1 Å². The first-order valence-electron chi connectivity index (χ1n) is 16.7. The molecule has 0 heterocycles. The maximum absolute atomic E-state index is 14.2. The Kier molecular flexibility index (Phi) is 13.1. The molecule has 0 aliphatic heterocycles. The lowest BCUT2D eigenvalue weighted by molar-refractivity contribution is -0.163. The Morgan fingerprint density at radius 2 is 1.38 bits per heavy atom. The highest BCUT2D eigenvalue weighted by Gasteiger charge is 2.46. The highest BCUT2D eigenvalue weighted by molar-refractivity contribution is 6.12. The first kappa shape index (κ1) is 39.8. The number of ether oxygens (including phenoxy) is 3. The molecular weight excluding hydrogens is 693 g/mol. The van der Waals surface area contributed by atoms with Crippen LogP contribution in [0.4, 0.5) is 18.9 Å². The van der Waals surface area contributed by atoms with Crippen molar-refractivity contribution in [1.29, 1.82) is 0 Å². The van der Waals surface area contributed by atoms with Gasteiger partial charge in [-0.3, -0.25) is 24.0 Å². The van der Waals surface area contributed by atoms with Crippen LogP contribution in [0.3, 0.4) is 0 Å². The number of halogens is 3. The molecule has 0 aromatic heterocycles. The third-order valence-electron chi connectivity index (χ3n) is 8.22. The molecule has 0 aliphatic rings. The second kappa shape index (κ2) is 17.5. The minimum atomic E-state index is -4.87. The molecule has 10 nitrogen and oxygen atoms in total. The van der Waals surface area contributed by atoms with Gasteiger partial charge in [-0.2, -0.15) is 13.2 Å². The lowest BCUT2D eigenvalue weighted by Gasteiger charge is -2.30. The molecule has 13 heteroatoms. The predicted octanol–water partition coefficient (Wildman–Crippen LogP) is 6.87. The Morgan fingerprint density at radius 3 is 1.98 bits per heavy atom. The Labute approximate surface area is 304 Å². The molecule has 2 amide bonds. The molecule has 0 fully saturated rings. The van der Waals surface area contributed by atoms with Gasteiger partial charge in [-0.05, 0) is 54.3 Å². The smallest absolute Gasteiger partial charge is 0.417 e. The summed E-state index contributed by atoms with van der Waals surface area (Å²) in [5.74, 6) is -4.05. The van der Waals surface area contributed by atoms with Crippen LogP contribution < -0.4 is 5.32 Å². The molecule has 4 aromatic carbocycles. The van der Waals surface area contributed by atoms with Crippen LogP contribution >= 0.6 is 0 Å². The zero-order valence-electron chi connectivity index (χ0n) is 29.6. The highest BCUT2D eigenvalue weighted by atomic mass is 19.4. The van der Waals surface area contributed by atoms with Crippen molar-refractivity contribution >= 4 is 35.4 Å². The number of carbonyl (C=O) groups excluding carboxylic acids is 5. The highest BCUT2D eigenvalue weighted by Crippen LogP contribution is 2.38. The van der Waals surface area contributed by atoms with E-state index in [-0.39, 0.29) is 35.6 Å². The lowest BCUT2D eigenvalue weighted by atomic mass is 9.78. The van der Waals surface area contributed by atoms with Crippen LogP contribution in [0.25, 0.3) is 11.1 Å².